The van der Waals surface area contributed by atoms with Gasteiger partial charge in [-0.2, -0.15) is 0 Å². The maximum absolute atomic E-state index is 13.2. The van der Waals surface area contributed by atoms with Crippen molar-refractivity contribution in [1.29, 1.82) is 0 Å². The van der Waals surface area contributed by atoms with Crippen molar-refractivity contribution in [3.8, 4) is 5.75 Å². The average molecular weight is 442 g/mol. The average Bonchev–Trinajstić information content (AvgIpc) is 3.09. The van der Waals surface area contributed by atoms with Crippen molar-refractivity contribution in [1.82, 2.24) is 4.90 Å². The number of ether oxygens (including phenoxy) is 1. The van der Waals surface area contributed by atoms with Gasteiger partial charge in [0.25, 0.3) is 11.7 Å². The molecule has 0 bridgehead atoms. The number of aliphatic hydroxyl groups excluding tert-OH is 1. The second-order valence-corrected chi connectivity index (χ2v) is 8.32. The summed E-state index contributed by atoms with van der Waals surface area (Å²) in [7, 11) is 1.57. The van der Waals surface area contributed by atoms with Crippen molar-refractivity contribution < 1.29 is 19.4 Å². The Kier molecular flexibility index (Phi) is 6.31. The van der Waals surface area contributed by atoms with E-state index in [1.54, 1.807) is 12.0 Å². The van der Waals surface area contributed by atoms with Gasteiger partial charge < -0.3 is 14.7 Å². The molecular weight excluding hydrogens is 414 g/mol. The molecule has 1 amide bonds. The SMILES string of the molecule is COc1cccc(C2/C(=C(\O)c3cc(C)ccc3C)C(=O)C(=O)N2CCc2ccccc2)c1. The number of rotatable bonds is 6. The summed E-state index contributed by atoms with van der Waals surface area (Å²) < 4.78 is 5.38. The Morgan fingerprint density at radius 1 is 0.970 bits per heavy atom. The van der Waals surface area contributed by atoms with Crippen LogP contribution in [0.15, 0.2) is 78.4 Å². The molecule has 1 aliphatic heterocycles. The molecule has 5 nitrogen and oxygen atoms in total. The monoisotopic (exact) mass is 441 g/mol. The fourth-order valence-electron chi connectivity index (χ4n) is 4.30. The van der Waals surface area contributed by atoms with Crippen molar-refractivity contribution in [2.75, 3.05) is 13.7 Å². The van der Waals surface area contributed by atoms with Crippen molar-refractivity contribution in [3.63, 3.8) is 0 Å². The van der Waals surface area contributed by atoms with Crippen LogP contribution in [-0.2, 0) is 16.0 Å². The molecule has 1 saturated heterocycles. The highest BCUT2D eigenvalue weighted by Gasteiger charge is 2.46. The van der Waals surface area contributed by atoms with Gasteiger partial charge in [-0.1, -0.05) is 60.2 Å². The predicted molar refractivity (Wildman–Crippen MR) is 128 cm³/mol. The van der Waals surface area contributed by atoms with Crippen LogP contribution >= 0.6 is 0 Å². The molecule has 5 heteroatoms. The molecule has 0 radical (unpaired) electrons. The molecule has 3 aromatic rings. The van der Waals surface area contributed by atoms with Gasteiger partial charge in [0, 0.05) is 12.1 Å². The first kappa shape index (κ1) is 22.3. The predicted octanol–water partition coefficient (Wildman–Crippen LogP) is 4.98. The Morgan fingerprint density at radius 2 is 1.73 bits per heavy atom. The Hall–Kier alpha value is -3.86. The zero-order valence-corrected chi connectivity index (χ0v) is 19.0. The van der Waals surface area contributed by atoms with Gasteiger partial charge in [-0.15, -0.1) is 0 Å². The number of hydrogen-bond donors (Lipinski definition) is 1. The molecule has 1 atom stereocenters. The molecule has 3 aromatic carbocycles. The summed E-state index contributed by atoms with van der Waals surface area (Å²) in [6, 6.07) is 22.1. The van der Waals surface area contributed by atoms with Gasteiger partial charge >= 0.3 is 0 Å². The molecule has 1 heterocycles. The second-order valence-electron chi connectivity index (χ2n) is 8.32. The zero-order chi connectivity index (χ0) is 23.5. The lowest BCUT2D eigenvalue weighted by Crippen LogP contribution is -2.31. The standard InChI is InChI=1S/C28H27NO4/c1-18-12-13-19(2)23(16-18)26(30)24-25(21-10-7-11-22(17-21)33-3)29(28(32)27(24)31)15-14-20-8-5-4-6-9-20/h4-13,16-17,25,30H,14-15H2,1-3H3/b26-24+. The Labute approximate surface area is 193 Å². The first-order chi connectivity index (χ1) is 15.9. The molecule has 0 spiro atoms. The molecule has 33 heavy (non-hydrogen) atoms. The highest BCUT2D eigenvalue weighted by molar-refractivity contribution is 6.46. The van der Waals surface area contributed by atoms with Crippen LogP contribution in [0.4, 0.5) is 0 Å². The van der Waals surface area contributed by atoms with E-state index in [1.807, 2.05) is 86.6 Å². The van der Waals surface area contributed by atoms with E-state index >= 15 is 0 Å². The number of nitrogens with zero attached hydrogens (tertiary/aromatic N) is 1. The minimum Gasteiger partial charge on any atom is -0.507 e. The molecule has 0 saturated carbocycles. The number of benzene rings is 3. The summed E-state index contributed by atoms with van der Waals surface area (Å²) in [4.78, 5) is 28.0. The van der Waals surface area contributed by atoms with E-state index in [-0.39, 0.29) is 11.3 Å². The van der Waals surface area contributed by atoms with Crippen molar-refractivity contribution in [3.05, 3.63) is 106 Å². The van der Waals surface area contributed by atoms with Crippen LogP contribution in [-0.4, -0.2) is 35.4 Å². The van der Waals surface area contributed by atoms with E-state index in [9.17, 15) is 14.7 Å². The number of aliphatic hydroxyl groups is 1. The highest BCUT2D eigenvalue weighted by Crippen LogP contribution is 2.40. The van der Waals surface area contributed by atoms with E-state index in [1.165, 1.54) is 0 Å². The first-order valence-electron chi connectivity index (χ1n) is 10.9. The van der Waals surface area contributed by atoms with Crippen LogP contribution in [0.25, 0.3) is 5.76 Å². The number of carbonyl (C=O) groups is 2. The quantitative estimate of drug-likeness (QED) is 0.333. The zero-order valence-electron chi connectivity index (χ0n) is 19.0. The van der Waals surface area contributed by atoms with E-state index in [4.69, 9.17) is 4.74 Å². The largest absolute Gasteiger partial charge is 0.507 e. The Bertz CT molecular complexity index is 1230. The molecule has 4 rings (SSSR count). The first-order valence-corrected chi connectivity index (χ1v) is 10.9. The van der Waals surface area contributed by atoms with Crippen LogP contribution in [0, 0.1) is 13.8 Å². The van der Waals surface area contributed by atoms with Crippen molar-refractivity contribution >= 4 is 17.4 Å². The van der Waals surface area contributed by atoms with E-state index in [0.717, 1.165) is 16.7 Å². The topological polar surface area (TPSA) is 66.8 Å². The van der Waals surface area contributed by atoms with Gasteiger partial charge in [0.05, 0.1) is 18.7 Å². The number of ketones is 1. The number of likely N-dealkylation sites (tertiary alicyclic amines) is 1. The summed E-state index contributed by atoms with van der Waals surface area (Å²) in [5.41, 5.74) is 4.24. The maximum atomic E-state index is 13.2. The van der Waals surface area contributed by atoms with E-state index in [0.29, 0.717) is 29.8 Å². The summed E-state index contributed by atoms with van der Waals surface area (Å²) in [5, 5.41) is 11.3. The van der Waals surface area contributed by atoms with Crippen molar-refractivity contribution in [2.24, 2.45) is 0 Å². The van der Waals surface area contributed by atoms with Gasteiger partial charge in [-0.25, -0.2) is 0 Å². The summed E-state index contributed by atoms with van der Waals surface area (Å²) in [6.45, 7) is 4.15. The van der Waals surface area contributed by atoms with Crippen LogP contribution in [0.2, 0.25) is 0 Å². The van der Waals surface area contributed by atoms with Crippen LogP contribution < -0.4 is 4.74 Å². The van der Waals surface area contributed by atoms with Gasteiger partial charge in [0.1, 0.15) is 11.5 Å². The molecule has 0 aliphatic carbocycles. The number of amides is 1. The molecular formula is C28H27NO4. The number of hydrogen-bond acceptors (Lipinski definition) is 4. The highest BCUT2D eigenvalue weighted by atomic mass is 16.5. The van der Waals surface area contributed by atoms with Crippen molar-refractivity contribution in [2.45, 2.75) is 26.3 Å². The van der Waals surface area contributed by atoms with Crippen LogP contribution in [0.1, 0.15) is 33.9 Å². The third-order valence-corrected chi connectivity index (χ3v) is 6.08. The number of aryl methyl sites for hydroxylation is 2. The minimum atomic E-state index is -0.705. The van der Waals surface area contributed by atoms with Gasteiger partial charge in [-0.3, -0.25) is 9.59 Å². The lowest BCUT2D eigenvalue weighted by atomic mass is 9.93. The summed E-state index contributed by atoms with van der Waals surface area (Å²) in [6.07, 6.45) is 0.595. The molecule has 0 aromatic heterocycles. The third-order valence-electron chi connectivity index (χ3n) is 6.08. The number of carbonyl (C=O) groups excluding carboxylic acids is 2. The second kappa shape index (κ2) is 9.33. The van der Waals surface area contributed by atoms with Gasteiger partial charge in [0.15, 0.2) is 0 Å². The van der Waals surface area contributed by atoms with E-state index < -0.39 is 17.7 Å². The third kappa shape index (κ3) is 4.40. The fourth-order valence-corrected chi connectivity index (χ4v) is 4.30. The van der Waals surface area contributed by atoms with Crippen LogP contribution in [0.5, 0.6) is 5.75 Å². The lowest BCUT2D eigenvalue weighted by Gasteiger charge is -2.26. The smallest absolute Gasteiger partial charge is 0.295 e. The Balaban J connectivity index is 1.84. The van der Waals surface area contributed by atoms with Crippen LogP contribution in [0.3, 0.4) is 0 Å². The van der Waals surface area contributed by atoms with Gasteiger partial charge in [-0.05, 0) is 55.2 Å². The molecule has 168 valence electrons. The summed E-state index contributed by atoms with van der Waals surface area (Å²) in [5.74, 6) is -0.808. The Morgan fingerprint density at radius 3 is 2.45 bits per heavy atom. The fraction of sp³-hybridized carbons (Fsp3) is 0.214. The normalized spacial score (nSPS) is 17.4. The summed E-state index contributed by atoms with van der Waals surface area (Å²) >= 11 is 0. The molecule has 1 aliphatic rings. The lowest BCUT2D eigenvalue weighted by molar-refractivity contribution is -0.139. The van der Waals surface area contributed by atoms with E-state index in [2.05, 4.69) is 0 Å². The van der Waals surface area contributed by atoms with Gasteiger partial charge in [0.2, 0.25) is 0 Å². The number of Topliss-reactive ketones (excluding diaryl/α,β-unsaturated/α-hetero) is 1. The maximum Gasteiger partial charge on any atom is 0.295 e. The molecule has 1 unspecified atom stereocenters. The molecule has 1 N–H and O–H groups in total. The minimum absolute atomic E-state index is 0.106. The molecule has 1 fully saturated rings. The number of methoxy groups -OCH3 is 1.